The van der Waals surface area contributed by atoms with Gasteiger partial charge in [0, 0.05) is 30.4 Å². The van der Waals surface area contributed by atoms with Crippen LogP contribution in [0.25, 0.3) is 0 Å². The number of nitrogens with one attached hydrogen (secondary N) is 1. The highest BCUT2D eigenvalue weighted by Gasteiger charge is 2.49. The van der Waals surface area contributed by atoms with E-state index < -0.39 is 23.0 Å². The highest BCUT2D eigenvalue weighted by atomic mass is 19.1. The molecule has 0 radical (unpaired) electrons. The van der Waals surface area contributed by atoms with Crippen molar-refractivity contribution in [1.29, 1.82) is 0 Å². The van der Waals surface area contributed by atoms with Gasteiger partial charge in [-0.25, -0.2) is 8.78 Å². The number of nitrogens with zero attached hydrogens (tertiary/aromatic N) is 2. The molecule has 3 atom stereocenters. The van der Waals surface area contributed by atoms with Gasteiger partial charge in [-0.2, -0.15) is 0 Å². The van der Waals surface area contributed by atoms with Crippen molar-refractivity contribution in [3.05, 3.63) is 98.5 Å². The Morgan fingerprint density at radius 3 is 2.66 bits per heavy atom. The number of rotatable bonds is 6. The number of carbonyl (C=O) groups excluding carboxylic acids is 2. The molecule has 3 aliphatic heterocycles. The Morgan fingerprint density at radius 2 is 1.89 bits per heavy atom. The fraction of sp³-hybridized carbons (Fsp3) is 0.345. The molecule has 1 aromatic heterocycles. The van der Waals surface area contributed by atoms with Gasteiger partial charge < -0.3 is 19.5 Å². The van der Waals surface area contributed by atoms with Gasteiger partial charge in [0.05, 0.1) is 12.1 Å². The maximum Gasteiger partial charge on any atom is 0.274 e. The lowest BCUT2D eigenvalue weighted by Crippen LogP contribution is -2.48. The maximum atomic E-state index is 14.2. The minimum absolute atomic E-state index is 0.0000484. The maximum absolute atomic E-state index is 14.2. The van der Waals surface area contributed by atoms with Crippen LogP contribution in [0.5, 0.6) is 5.75 Å². The number of ether oxygens (including phenoxy) is 1. The van der Waals surface area contributed by atoms with Crippen molar-refractivity contribution in [2.75, 3.05) is 6.54 Å². The number of hydrogen-bond acceptors (Lipinski definition) is 4. The summed E-state index contributed by atoms with van der Waals surface area (Å²) in [5, 5.41) is 2.62. The minimum Gasteiger partial charge on any atom is -0.483 e. The first-order valence-electron chi connectivity index (χ1n) is 12.8. The van der Waals surface area contributed by atoms with E-state index >= 15 is 0 Å². The van der Waals surface area contributed by atoms with Crippen molar-refractivity contribution in [3.63, 3.8) is 0 Å². The van der Waals surface area contributed by atoms with Crippen LogP contribution in [-0.2, 0) is 19.6 Å². The topological polar surface area (TPSA) is 80.6 Å². The van der Waals surface area contributed by atoms with E-state index in [1.165, 1.54) is 6.07 Å². The SMILES string of the molecule is C[C@@H]1CC2C3CCc4c(C(=O)NCc5ccc(F)cc5F)c(=O)c(OCc5ccccc5)c(n43)C(=O)N2C1. The van der Waals surface area contributed by atoms with Crippen LogP contribution in [0.2, 0.25) is 0 Å². The van der Waals surface area contributed by atoms with Crippen LogP contribution in [0.4, 0.5) is 8.78 Å². The van der Waals surface area contributed by atoms with Crippen molar-refractivity contribution in [2.24, 2.45) is 5.92 Å². The molecule has 4 heterocycles. The third-order valence-corrected chi connectivity index (χ3v) is 7.84. The number of amides is 2. The second kappa shape index (κ2) is 9.38. The van der Waals surface area contributed by atoms with E-state index in [4.69, 9.17) is 4.74 Å². The molecule has 1 saturated heterocycles. The van der Waals surface area contributed by atoms with Gasteiger partial charge >= 0.3 is 0 Å². The Labute approximate surface area is 218 Å². The normalized spacial score (nSPS) is 21.3. The monoisotopic (exact) mass is 519 g/mol. The van der Waals surface area contributed by atoms with Crippen LogP contribution in [0, 0.1) is 17.6 Å². The Morgan fingerprint density at radius 1 is 1.11 bits per heavy atom. The Balaban J connectivity index is 1.42. The molecular formula is C29H27F2N3O4. The molecule has 1 fully saturated rings. The third kappa shape index (κ3) is 3.97. The van der Waals surface area contributed by atoms with Gasteiger partial charge in [-0.3, -0.25) is 14.4 Å². The fourth-order valence-corrected chi connectivity index (χ4v) is 6.15. The molecule has 196 valence electrons. The van der Waals surface area contributed by atoms with Crippen LogP contribution in [0.3, 0.4) is 0 Å². The summed E-state index contributed by atoms with van der Waals surface area (Å²) in [6.07, 6.45) is 2.02. The van der Waals surface area contributed by atoms with Gasteiger partial charge in [-0.1, -0.05) is 43.3 Å². The molecule has 0 spiro atoms. The molecule has 7 nitrogen and oxygen atoms in total. The Kier molecular flexibility index (Phi) is 6.01. The molecule has 0 saturated carbocycles. The van der Waals surface area contributed by atoms with E-state index in [1.807, 2.05) is 39.8 Å². The lowest BCUT2D eigenvalue weighted by molar-refractivity contribution is 0.0605. The smallest absolute Gasteiger partial charge is 0.274 e. The summed E-state index contributed by atoms with van der Waals surface area (Å²) in [4.78, 5) is 42.8. The number of benzene rings is 2. The molecule has 3 aromatic rings. The van der Waals surface area contributed by atoms with E-state index in [0.717, 1.165) is 24.1 Å². The van der Waals surface area contributed by atoms with E-state index in [0.29, 0.717) is 31.0 Å². The number of aromatic nitrogens is 1. The van der Waals surface area contributed by atoms with Gasteiger partial charge in [-0.15, -0.1) is 0 Å². The van der Waals surface area contributed by atoms with Gasteiger partial charge in [0.2, 0.25) is 5.43 Å². The number of pyridine rings is 1. The highest BCUT2D eigenvalue weighted by Crippen LogP contribution is 2.45. The highest BCUT2D eigenvalue weighted by molar-refractivity contribution is 6.00. The molecule has 3 aliphatic rings. The van der Waals surface area contributed by atoms with Crippen molar-refractivity contribution >= 4 is 11.8 Å². The van der Waals surface area contributed by atoms with Gasteiger partial charge in [0.15, 0.2) is 11.4 Å². The lowest BCUT2D eigenvalue weighted by Gasteiger charge is -2.38. The molecule has 2 unspecified atom stereocenters. The molecule has 9 heteroatoms. The summed E-state index contributed by atoms with van der Waals surface area (Å²) in [5.74, 6) is -2.24. The van der Waals surface area contributed by atoms with Gasteiger partial charge in [-0.05, 0) is 36.8 Å². The summed E-state index contributed by atoms with van der Waals surface area (Å²) in [6, 6.07) is 12.3. The number of fused-ring (bicyclic) bond motifs is 2. The zero-order chi connectivity index (χ0) is 26.6. The lowest BCUT2D eigenvalue weighted by atomic mass is 9.98. The quantitative estimate of drug-likeness (QED) is 0.534. The summed E-state index contributed by atoms with van der Waals surface area (Å²) in [6.45, 7) is 2.56. The Bertz CT molecular complexity index is 1500. The zero-order valence-corrected chi connectivity index (χ0v) is 20.9. The molecule has 2 amide bonds. The van der Waals surface area contributed by atoms with E-state index in [9.17, 15) is 23.2 Å². The first kappa shape index (κ1) is 24.3. The second-order valence-electron chi connectivity index (χ2n) is 10.4. The second-order valence-corrected chi connectivity index (χ2v) is 10.4. The molecule has 0 aliphatic carbocycles. The van der Waals surface area contributed by atoms with Gasteiger partial charge in [0.1, 0.15) is 23.8 Å². The molecular weight excluding hydrogens is 492 g/mol. The van der Waals surface area contributed by atoms with Gasteiger partial charge in [0.25, 0.3) is 11.8 Å². The number of carbonyl (C=O) groups is 2. The average Bonchev–Trinajstić information content (AvgIpc) is 3.50. The van der Waals surface area contributed by atoms with E-state index in [-0.39, 0.29) is 53.7 Å². The van der Waals surface area contributed by atoms with Crippen LogP contribution in [0.1, 0.15) is 63.5 Å². The molecule has 2 aromatic carbocycles. The third-order valence-electron chi connectivity index (χ3n) is 7.84. The molecule has 0 bridgehead atoms. The number of halogens is 2. The first-order valence-corrected chi connectivity index (χ1v) is 12.8. The standard InChI is InChI=1S/C29H27F2N3O4/c1-16-11-23-21-9-10-22-24(28(36)32-13-18-7-8-19(30)12-20(18)31)26(35)27(38-15-17-5-3-2-4-6-17)25(34(21)22)29(37)33(23)14-16/h2-8,12,16,21,23H,9-11,13-15H2,1H3,(H,32,36)/t16-,21?,23?/m1/s1. The van der Waals surface area contributed by atoms with Crippen molar-refractivity contribution in [1.82, 2.24) is 14.8 Å². The summed E-state index contributed by atoms with van der Waals surface area (Å²) in [7, 11) is 0. The van der Waals surface area contributed by atoms with Crippen molar-refractivity contribution in [2.45, 2.75) is 51.4 Å². The minimum atomic E-state index is -0.787. The Hall–Kier alpha value is -4.01. The first-order chi connectivity index (χ1) is 18.3. The van der Waals surface area contributed by atoms with Crippen LogP contribution < -0.4 is 15.5 Å². The predicted molar refractivity (Wildman–Crippen MR) is 135 cm³/mol. The van der Waals surface area contributed by atoms with Crippen molar-refractivity contribution in [3.8, 4) is 5.75 Å². The van der Waals surface area contributed by atoms with Crippen LogP contribution in [0.15, 0.2) is 53.3 Å². The summed E-state index contributed by atoms with van der Waals surface area (Å²) in [5.41, 5.74) is 0.878. The predicted octanol–water partition coefficient (Wildman–Crippen LogP) is 3.99. The number of hydrogen-bond donors (Lipinski definition) is 1. The molecule has 38 heavy (non-hydrogen) atoms. The van der Waals surface area contributed by atoms with Crippen molar-refractivity contribution < 1.29 is 23.1 Å². The summed E-state index contributed by atoms with van der Waals surface area (Å²) < 4.78 is 35.3. The van der Waals surface area contributed by atoms with Crippen LogP contribution >= 0.6 is 0 Å². The zero-order valence-electron chi connectivity index (χ0n) is 20.9. The summed E-state index contributed by atoms with van der Waals surface area (Å²) >= 11 is 0. The molecule has 1 N–H and O–H groups in total. The van der Waals surface area contributed by atoms with E-state index in [2.05, 4.69) is 12.2 Å². The van der Waals surface area contributed by atoms with E-state index in [1.54, 1.807) is 0 Å². The largest absolute Gasteiger partial charge is 0.483 e. The van der Waals surface area contributed by atoms with Crippen LogP contribution in [-0.4, -0.2) is 33.9 Å². The average molecular weight is 520 g/mol. The fourth-order valence-electron chi connectivity index (χ4n) is 6.15. The molecule has 6 rings (SSSR count).